The van der Waals surface area contributed by atoms with Crippen molar-refractivity contribution in [3.05, 3.63) is 75.7 Å². The van der Waals surface area contributed by atoms with Crippen molar-refractivity contribution in [1.29, 1.82) is 0 Å². The second kappa shape index (κ2) is 7.03. The Balaban J connectivity index is 1.67. The molecule has 122 valence electrons. The van der Waals surface area contributed by atoms with Crippen molar-refractivity contribution in [2.75, 3.05) is 0 Å². The van der Waals surface area contributed by atoms with Crippen molar-refractivity contribution < 1.29 is 9.18 Å². The molecule has 3 rings (SSSR count). The minimum absolute atomic E-state index is 0.0487. The van der Waals surface area contributed by atoms with Crippen molar-refractivity contribution in [3.8, 4) is 11.3 Å². The Morgan fingerprint density at radius 1 is 1.12 bits per heavy atom. The van der Waals surface area contributed by atoms with Crippen LogP contribution < -0.4 is 5.32 Å². The van der Waals surface area contributed by atoms with Crippen LogP contribution in [0.25, 0.3) is 11.3 Å². The molecule has 0 atom stereocenters. The van der Waals surface area contributed by atoms with E-state index in [9.17, 15) is 9.18 Å². The molecule has 2 aromatic carbocycles. The average molecular weight is 364 g/mol. The van der Waals surface area contributed by atoms with Gasteiger partial charge in [-0.2, -0.15) is 5.10 Å². The third-order valence-electron chi connectivity index (χ3n) is 3.47. The van der Waals surface area contributed by atoms with E-state index in [4.69, 9.17) is 23.2 Å². The number of amides is 1. The maximum Gasteiger partial charge on any atom is 0.253 e. The first-order valence-electron chi connectivity index (χ1n) is 7.06. The standard InChI is InChI=1S/C17H12Cl2FN3O/c18-13-8-14(19)15(20)7-12(13)17(24)21-9-10-1-3-11(4-2-10)16-5-6-22-23-16/h1-8H,9H2,(H,21,24)(H,22,23). The van der Waals surface area contributed by atoms with Crippen molar-refractivity contribution >= 4 is 29.1 Å². The van der Waals surface area contributed by atoms with Gasteiger partial charge >= 0.3 is 0 Å². The smallest absolute Gasteiger partial charge is 0.253 e. The second-order valence-corrected chi connectivity index (χ2v) is 5.91. The van der Waals surface area contributed by atoms with E-state index in [-0.39, 0.29) is 15.6 Å². The number of hydrogen-bond acceptors (Lipinski definition) is 2. The van der Waals surface area contributed by atoms with Crippen molar-refractivity contribution in [3.63, 3.8) is 0 Å². The zero-order valence-electron chi connectivity index (χ0n) is 12.3. The Morgan fingerprint density at radius 2 is 1.88 bits per heavy atom. The first kappa shape index (κ1) is 16.5. The van der Waals surface area contributed by atoms with Crippen LogP contribution in [0.2, 0.25) is 10.0 Å². The summed E-state index contributed by atoms with van der Waals surface area (Å²) < 4.78 is 13.5. The summed E-state index contributed by atoms with van der Waals surface area (Å²) in [6, 6.07) is 11.7. The van der Waals surface area contributed by atoms with Gasteiger partial charge in [-0.25, -0.2) is 4.39 Å². The SMILES string of the molecule is O=C(NCc1ccc(-c2ccn[nH]2)cc1)c1cc(F)c(Cl)cc1Cl. The zero-order valence-corrected chi connectivity index (χ0v) is 13.8. The molecule has 7 heteroatoms. The number of carbonyl (C=O) groups excluding carboxylic acids is 1. The molecule has 0 aliphatic rings. The number of halogens is 3. The van der Waals surface area contributed by atoms with Crippen LogP contribution in [0.1, 0.15) is 15.9 Å². The van der Waals surface area contributed by atoms with Gasteiger partial charge in [-0.3, -0.25) is 9.89 Å². The Labute approximate surface area is 147 Å². The highest BCUT2D eigenvalue weighted by Gasteiger charge is 2.14. The summed E-state index contributed by atoms with van der Waals surface area (Å²) in [6.45, 7) is 0.294. The molecule has 1 aromatic heterocycles. The summed E-state index contributed by atoms with van der Waals surface area (Å²) in [7, 11) is 0. The fourth-order valence-electron chi connectivity index (χ4n) is 2.19. The number of carbonyl (C=O) groups is 1. The fourth-order valence-corrected chi connectivity index (χ4v) is 2.66. The van der Waals surface area contributed by atoms with E-state index in [0.717, 1.165) is 22.9 Å². The highest BCUT2D eigenvalue weighted by molar-refractivity contribution is 6.36. The van der Waals surface area contributed by atoms with Crippen LogP contribution in [0.3, 0.4) is 0 Å². The van der Waals surface area contributed by atoms with Gasteiger partial charge in [0.25, 0.3) is 5.91 Å². The number of nitrogens with zero attached hydrogens (tertiary/aromatic N) is 1. The molecule has 0 fully saturated rings. The van der Waals surface area contributed by atoms with Crippen LogP contribution in [-0.2, 0) is 6.54 Å². The molecule has 4 nitrogen and oxygen atoms in total. The van der Waals surface area contributed by atoms with Gasteiger partial charge in [0.15, 0.2) is 0 Å². The lowest BCUT2D eigenvalue weighted by atomic mass is 10.1. The minimum Gasteiger partial charge on any atom is -0.348 e. The molecule has 2 N–H and O–H groups in total. The van der Waals surface area contributed by atoms with Crippen LogP contribution in [0.5, 0.6) is 0 Å². The van der Waals surface area contributed by atoms with Crippen LogP contribution in [0, 0.1) is 5.82 Å². The number of hydrogen-bond donors (Lipinski definition) is 2. The number of aromatic nitrogens is 2. The Morgan fingerprint density at radius 3 is 2.54 bits per heavy atom. The zero-order chi connectivity index (χ0) is 17.1. The Hall–Kier alpha value is -2.37. The predicted octanol–water partition coefficient (Wildman–Crippen LogP) is 4.45. The molecule has 24 heavy (non-hydrogen) atoms. The molecule has 0 spiro atoms. The highest BCUT2D eigenvalue weighted by Crippen LogP contribution is 2.24. The fraction of sp³-hybridized carbons (Fsp3) is 0.0588. The van der Waals surface area contributed by atoms with E-state index in [1.165, 1.54) is 6.07 Å². The van der Waals surface area contributed by atoms with Gasteiger partial charge < -0.3 is 5.32 Å². The molecule has 1 amide bonds. The van der Waals surface area contributed by atoms with E-state index in [1.54, 1.807) is 6.20 Å². The van der Waals surface area contributed by atoms with Gasteiger partial charge in [0.1, 0.15) is 5.82 Å². The van der Waals surface area contributed by atoms with Crippen LogP contribution >= 0.6 is 23.2 Å². The van der Waals surface area contributed by atoms with E-state index < -0.39 is 11.7 Å². The Kier molecular flexibility index (Phi) is 4.83. The average Bonchev–Trinajstić information content (AvgIpc) is 3.11. The van der Waals surface area contributed by atoms with E-state index in [0.29, 0.717) is 6.54 Å². The van der Waals surface area contributed by atoms with Gasteiger partial charge in [0.05, 0.1) is 21.3 Å². The third kappa shape index (κ3) is 3.58. The highest BCUT2D eigenvalue weighted by atomic mass is 35.5. The van der Waals surface area contributed by atoms with Crippen LogP contribution in [-0.4, -0.2) is 16.1 Å². The molecule has 0 aliphatic heterocycles. The molecule has 0 saturated heterocycles. The first-order chi connectivity index (χ1) is 11.5. The molecule has 0 unspecified atom stereocenters. The number of rotatable bonds is 4. The van der Waals surface area contributed by atoms with Crippen molar-refractivity contribution in [2.45, 2.75) is 6.54 Å². The lowest BCUT2D eigenvalue weighted by Crippen LogP contribution is -2.23. The number of aromatic amines is 1. The Bertz CT molecular complexity index is 864. The molecule has 0 aliphatic carbocycles. The molecular formula is C17H12Cl2FN3O. The summed E-state index contributed by atoms with van der Waals surface area (Å²) >= 11 is 11.6. The second-order valence-electron chi connectivity index (χ2n) is 5.10. The quantitative estimate of drug-likeness (QED) is 0.672. The summed E-state index contributed by atoms with van der Waals surface area (Å²) in [5.41, 5.74) is 2.85. The molecule has 0 saturated carbocycles. The van der Waals surface area contributed by atoms with Gasteiger partial charge in [-0.1, -0.05) is 47.5 Å². The summed E-state index contributed by atoms with van der Waals surface area (Å²) in [5.74, 6) is -1.15. The summed E-state index contributed by atoms with van der Waals surface area (Å²) in [5, 5.41) is 9.47. The largest absolute Gasteiger partial charge is 0.348 e. The summed E-state index contributed by atoms with van der Waals surface area (Å²) in [6.07, 6.45) is 1.68. The lowest BCUT2D eigenvalue weighted by molar-refractivity contribution is 0.0950. The first-order valence-corrected chi connectivity index (χ1v) is 7.81. The molecule has 3 aromatic rings. The van der Waals surface area contributed by atoms with E-state index >= 15 is 0 Å². The molecule has 1 heterocycles. The normalized spacial score (nSPS) is 10.6. The number of benzene rings is 2. The van der Waals surface area contributed by atoms with Crippen molar-refractivity contribution in [2.24, 2.45) is 0 Å². The lowest BCUT2D eigenvalue weighted by Gasteiger charge is -2.08. The summed E-state index contributed by atoms with van der Waals surface area (Å²) in [4.78, 5) is 12.1. The predicted molar refractivity (Wildman–Crippen MR) is 91.6 cm³/mol. The van der Waals surface area contributed by atoms with Gasteiger partial charge in [-0.05, 0) is 29.3 Å². The van der Waals surface area contributed by atoms with Crippen LogP contribution in [0.4, 0.5) is 4.39 Å². The van der Waals surface area contributed by atoms with Gasteiger partial charge in [-0.15, -0.1) is 0 Å². The van der Waals surface area contributed by atoms with Gasteiger partial charge in [0, 0.05) is 12.7 Å². The third-order valence-corrected chi connectivity index (χ3v) is 4.08. The maximum atomic E-state index is 13.5. The molecular weight excluding hydrogens is 352 g/mol. The van der Waals surface area contributed by atoms with Crippen molar-refractivity contribution in [1.82, 2.24) is 15.5 Å². The molecule has 0 radical (unpaired) electrons. The number of nitrogens with one attached hydrogen (secondary N) is 2. The maximum absolute atomic E-state index is 13.5. The van der Waals surface area contributed by atoms with E-state index in [1.807, 2.05) is 30.3 Å². The monoisotopic (exact) mass is 363 g/mol. The molecule has 0 bridgehead atoms. The topological polar surface area (TPSA) is 57.8 Å². The van der Waals surface area contributed by atoms with Crippen LogP contribution in [0.15, 0.2) is 48.7 Å². The number of H-pyrrole nitrogens is 1. The van der Waals surface area contributed by atoms with E-state index in [2.05, 4.69) is 15.5 Å². The minimum atomic E-state index is -0.685. The van der Waals surface area contributed by atoms with Gasteiger partial charge in [0.2, 0.25) is 0 Å².